The maximum Gasteiger partial charge on any atom is 0.0702 e. The molecule has 1 aromatic heterocycles. The fourth-order valence-electron chi connectivity index (χ4n) is 10.4. The van der Waals surface area contributed by atoms with Crippen LogP contribution in [0.25, 0.3) is 82.8 Å². The van der Waals surface area contributed by atoms with Gasteiger partial charge < -0.3 is 9.47 Å². The third-order valence-corrected chi connectivity index (χ3v) is 13.4. The normalized spacial score (nSPS) is 12.7. The summed E-state index contributed by atoms with van der Waals surface area (Å²) in [6.45, 7) is 4.69. The summed E-state index contributed by atoms with van der Waals surface area (Å²) in [6.07, 6.45) is 0. The van der Waals surface area contributed by atoms with Crippen molar-refractivity contribution in [3.63, 3.8) is 0 Å². The highest BCUT2D eigenvalue weighted by Gasteiger charge is 2.35. The largest absolute Gasteiger partial charge is 0.308 e. The van der Waals surface area contributed by atoms with Crippen molar-refractivity contribution in [1.82, 2.24) is 4.57 Å². The first-order valence-electron chi connectivity index (χ1n) is 21.9. The molecule has 0 spiro atoms. The maximum absolute atomic E-state index is 2.46. The maximum atomic E-state index is 2.46. The van der Waals surface area contributed by atoms with Crippen molar-refractivity contribution in [1.29, 1.82) is 0 Å². The van der Waals surface area contributed by atoms with E-state index >= 15 is 0 Å². The van der Waals surface area contributed by atoms with E-state index in [0.29, 0.717) is 0 Å². The van der Waals surface area contributed by atoms with Gasteiger partial charge in [-0.1, -0.05) is 190 Å². The third kappa shape index (κ3) is 5.94. The molecule has 0 N–H and O–H groups in total. The molecule has 12 rings (SSSR count). The molecule has 1 aliphatic carbocycles. The Balaban J connectivity index is 1.08. The summed E-state index contributed by atoms with van der Waals surface area (Å²) in [5.41, 5.74) is 19.3. The van der Waals surface area contributed by atoms with Gasteiger partial charge in [0.15, 0.2) is 0 Å². The van der Waals surface area contributed by atoms with Crippen molar-refractivity contribution in [2.75, 3.05) is 4.90 Å². The minimum Gasteiger partial charge on any atom is -0.308 e. The minimum atomic E-state index is -0.0451. The summed E-state index contributed by atoms with van der Waals surface area (Å²) in [4.78, 5) is 2.46. The van der Waals surface area contributed by atoms with Crippen LogP contribution in [0.15, 0.2) is 231 Å². The molecule has 0 saturated carbocycles. The van der Waals surface area contributed by atoms with E-state index in [9.17, 15) is 0 Å². The summed E-state index contributed by atoms with van der Waals surface area (Å²) in [5.74, 6) is 0. The Morgan fingerprint density at radius 1 is 0.365 bits per heavy atom. The van der Waals surface area contributed by atoms with E-state index in [-0.39, 0.29) is 5.41 Å². The average Bonchev–Trinajstić information content (AvgIpc) is 3.80. The van der Waals surface area contributed by atoms with Crippen LogP contribution in [0.5, 0.6) is 0 Å². The molecule has 298 valence electrons. The van der Waals surface area contributed by atoms with E-state index in [1.165, 1.54) is 82.6 Å². The lowest BCUT2D eigenvalue weighted by atomic mass is 9.82. The van der Waals surface area contributed by atoms with E-state index in [4.69, 9.17) is 0 Å². The van der Waals surface area contributed by atoms with Crippen LogP contribution in [-0.2, 0) is 5.41 Å². The van der Waals surface area contributed by atoms with E-state index in [0.717, 1.165) is 28.3 Å². The van der Waals surface area contributed by atoms with Crippen LogP contribution in [0.2, 0.25) is 0 Å². The fraction of sp³-hybridized carbons (Fsp3) is 0.0492. The zero-order valence-electron chi connectivity index (χ0n) is 35.3. The van der Waals surface area contributed by atoms with Crippen molar-refractivity contribution >= 4 is 49.6 Å². The van der Waals surface area contributed by atoms with Crippen molar-refractivity contribution in [3.8, 4) is 50.2 Å². The van der Waals surface area contributed by atoms with Crippen molar-refractivity contribution in [2.24, 2.45) is 0 Å². The van der Waals surface area contributed by atoms with Crippen LogP contribution < -0.4 is 4.90 Å². The fourth-order valence-corrected chi connectivity index (χ4v) is 10.4. The van der Waals surface area contributed by atoms with E-state index in [1.54, 1.807) is 0 Å². The SMILES string of the molecule is CC1(C)c2ccccc2-c2cc(-c3cccc(N(c4cccc(-c5cccc6cccc(-c7ccccc7)c56)c4)c4ccccc4-n4c5ccccc5c5ccccc54)c3)ccc21. The number of fused-ring (bicyclic) bond motifs is 7. The van der Waals surface area contributed by atoms with E-state index < -0.39 is 0 Å². The molecule has 63 heavy (non-hydrogen) atoms. The van der Waals surface area contributed by atoms with Crippen LogP contribution >= 0.6 is 0 Å². The molecule has 0 unspecified atom stereocenters. The van der Waals surface area contributed by atoms with Crippen molar-refractivity contribution in [2.45, 2.75) is 19.3 Å². The second-order valence-corrected chi connectivity index (χ2v) is 17.3. The number of hydrogen-bond acceptors (Lipinski definition) is 1. The smallest absolute Gasteiger partial charge is 0.0702 e. The zero-order valence-corrected chi connectivity index (χ0v) is 35.3. The second-order valence-electron chi connectivity index (χ2n) is 17.3. The average molecular weight is 805 g/mol. The third-order valence-electron chi connectivity index (χ3n) is 13.4. The lowest BCUT2D eigenvalue weighted by Crippen LogP contribution is -2.14. The van der Waals surface area contributed by atoms with Gasteiger partial charge in [0.2, 0.25) is 0 Å². The number of para-hydroxylation sites is 4. The topological polar surface area (TPSA) is 8.17 Å². The Hall–Kier alpha value is -7.94. The highest BCUT2D eigenvalue weighted by Crippen LogP contribution is 2.50. The molecular formula is C61H44N2. The molecule has 0 amide bonds. The van der Waals surface area contributed by atoms with E-state index in [1.807, 2.05) is 0 Å². The van der Waals surface area contributed by atoms with Gasteiger partial charge in [-0.3, -0.25) is 0 Å². The van der Waals surface area contributed by atoms with Gasteiger partial charge in [0, 0.05) is 27.6 Å². The van der Waals surface area contributed by atoms with E-state index in [2.05, 4.69) is 254 Å². The van der Waals surface area contributed by atoms with Gasteiger partial charge in [0.25, 0.3) is 0 Å². The highest BCUT2D eigenvalue weighted by atomic mass is 15.2. The molecule has 0 aliphatic heterocycles. The predicted molar refractivity (Wildman–Crippen MR) is 267 cm³/mol. The Kier molecular flexibility index (Phi) is 8.55. The first-order valence-corrected chi connectivity index (χ1v) is 21.9. The summed E-state index contributed by atoms with van der Waals surface area (Å²) in [7, 11) is 0. The molecule has 1 aliphatic rings. The number of hydrogen-bond donors (Lipinski definition) is 0. The monoisotopic (exact) mass is 804 g/mol. The quantitative estimate of drug-likeness (QED) is 0.156. The second kappa shape index (κ2) is 14.6. The summed E-state index contributed by atoms with van der Waals surface area (Å²) >= 11 is 0. The number of benzene rings is 10. The van der Waals surface area contributed by atoms with Gasteiger partial charge in [0.1, 0.15) is 0 Å². The first kappa shape index (κ1) is 36.9. The summed E-state index contributed by atoms with van der Waals surface area (Å²) < 4.78 is 2.44. The molecule has 0 fully saturated rings. The van der Waals surface area contributed by atoms with Crippen molar-refractivity contribution < 1.29 is 0 Å². The van der Waals surface area contributed by atoms with Gasteiger partial charge in [-0.15, -0.1) is 0 Å². The molecule has 2 nitrogen and oxygen atoms in total. The van der Waals surface area contributed by atoms with Crippen molar-refractivity contribution in [3.05, 3.63) is 242 Å². The molecule has 0 atom stereocenters. The van der Waals surface area contributed by atoms with Crippen LogP contribution in [0.4, 0.5) is 17.1 Å². The Bertz CT molecular complexity index is 3490. The Morgan fingerprint density at radius 2 is 0.889 bits per heavy atom. The molecule has 0 bridgehead atoms. The summed E-state index contributed by atoms with van der Waals surface area (Å²) in [5, 5.41) is 4.96. The predicted octanol–water partition coefficient (Wildman–Crippen LogP) is 16.7. The summed E-state index contributed by atoms with van der Waals surface area (Å²) in [6, 6.07) is 84.7. The van der Waals surface area contributed by atoms with Gasteiger partial charge in [-0.2, -0.15) is 0 Å². The molecule has 0 radical (unpaired) electrons. The number of aromatic nitrogens is 1. The van der Waals surface area contributed by atoms with Crippen LogP contribution in [0, 0.1) is 0 Å². The van der Waals surface area contributed by atoms with Crippen LogP contribution in [0.1, 0.15) is 25.0 Å². The standard InChI is InChI=1S/C61H44N2/c1-61(2)54-31-9-6-26-50(54)53-40-44(36-37-55(53)61)43-22-14-24-46(38-43)62(58-34-12-13-35-59(58)63-56-32-10-7-27-51(56)52-28-8-11-33-57(52)63)47-25-15-23-45(39-47)49-30-17-21-42-20-16-29-48(60(42)49)41-18-4-3-5-19-41/h3-40H,1-2H3. The molecular weight excluding hydrogens is 761 g/mol. The molecule has 11 aromatic rings. The number of nitrogens with zero attached hydrogens (tertiary/aromatic N) is 2. The molecule has 10 aromatic carbocycles. The highest BCUT2D eigenvalue weighted by molar-refractivity contribution is 6.10. The molecule has 0 saturated heterocycles. The number of anilines is 3. The Labute approximate surface area is 368 Å². The van der Waals surface area contributed by atoms with Gasteiger partial charge in [-0.25, -0.2) is 0 Å². The van der Waals surface area contributed by atoms with Crippen LogP contribution in [-0.4, -0.2) is 4.57 Å². The molecule has 1 heterocycles. The lowest BCUT2D eigenvalue weighted by Gasteiger charge is -2.29. The van der Waals surface area contributed by atoms with Gasteiger partial charge in [-0.05, 0) is 121 Å². The lowest BCUT2D eigenvalue weighted by molar-refractivity contribution is 0.660. The molecule has 2 heteroatoms. The first-order chi connectivity index (χ1) is 31.0. The Morgan fingerprint density at radius 3 is 1.63 bits per heavy atom. The zero-order chi connectivity index (χ0) is 42.1. The minimum absolute atomic E-state index is 0.0451. The van der Waals surface area contributed by atoms with Gasteiger partial charge >= 0.3 is 0 Å². The van der Waals surface area contributed by atoms with Crippen LogP contribution in [0.3, 0.4) is 0 Å². The number of rotatable bonds is 7. The van der Waals surface area contributed by atoms with Gasteiger partial charge in [0.05, 0.1) is 22.4 Å².